The Kier molecular flexibility index (Phi) is 5.12. The van der Waals surface area contributed by atoms with Gasteiger partial charge in [0.25, 0.3) is 0 Å². The first-order chi connectivity index (χ1) is 10.1. The van der Waals surface area contributed by atoms with E-state index >= 15 is 0 Å². The van der Waals surface area contributed by atoms with Crippen LogP contribution in [0.15, 0.2) is 18.2 Å². The molecule has 0 saturated heterocycles. The summed E-state index contributed by atoms with van der Waals surface area (Å²) in [6, 6.07) is 5.50. The molecule has 21 heavy (non-hydrogen) atoms. The summed E-state index contributed by atoms with van der Waals surface area (Å²) in [5, 5.41) is 10.9. The van der Waals surface area contributed by atoms with Gasteiger partial charge in [-0.15, -0.1) is 0 Å². The number of benzene rings is 1. The van der Waals surface area contributed by atoms with Crippen molar-refractivity contribution in [2.75, 3.05) is 21.3 Å². The van der Waals surface area contributed by atoms with Crippen LogP contribution in [-0.2, 0) is 4.74 Å². The van der Waals surface area contributed by atoms with Crippen molar-refractivity contribution >= 4 is 0 Å². The van der Waals surface area contributed by atoms with Crippen LogP contribution in [0.4, 0.5) is 0 Å². The van der Waals surface area contributed by atoms with Crippen LogP contribution in [-0.4, -0.2) is 32.0 Å². The van der Waals surface area contributed by atoms with Gasteiger partial charge in [-0.3, -0.25) is 0 Å². The van der Waals surface area contributed by atoms with E-state index < -0.39 is 11.7 Å². The summed E-state index contributed by atoms with van der Waals surface area (Å²) in [4.78, 5) is 0. The summed E-state index contributed by atoms with van der Waals surface area (Å²) in [5.74, 6) is 2.04. The summed E-state index contributed by atoms with van der Waals surface area (Å²) in [7, 11) is 4.91. The molecule has 1 fully saturated rings. The van der Waals surface area contributed by atoms with Gasteiger partial charge in [-0.05, 0) is 43.7 Å². The van der Waals surface area contributed by atoms with Crippen molar-refractivity contribution in [3.05, 3.63) is 23.8 Å². The van der Waals surface area contributed by atoms with Gasteiger partial charge in [0.05, 0.1) is 19.8 Å². The Labute approximate surface area is 127 Å². The first-order valence-electron chi connectivity index (χ1n) is 7.51. The summed E-state index contributed by atoms with van der Waals surface area (Å²) < 4.78 is 16.4. The zero-order valence-electron chi connectivity index (χ0n) is 13.4. The minimum absolute atomic E-state index is 0.519. The highest BCUT2D eigenvalue weighted by Crippen LogP contribution is 2.45. The summed E-state index contributed by atoms with van der Waals surface area (Å²) in [5.41, 5.74) is 0.240. The Hall–Kier alpha value is -1.26. The van der Waals surface area contributed by atoms with Gasteiger partial charge in [0.2, 0.25) is 0 Å². The SMILES string of the molecule is COc1ccc(C(O)C2(OC)CCC(C)CC2)c(OC)c1. The molecule has 1 atom stereocenters. The van der Waals surface area contributed by atoms with Gasteiger partial charge in [-0.25, -0.2) is 0 Å². The summed E-state index contributed by atoms with van der Waals surface area (Å²) >= 11 is 0. The Morgan fingerprint density at radius 3 is 2.33 bits per heavy atom. The number of ether oxygens (including phenoxy) is 3. The van der Waals surface area contributed by atoms with E-state index in [2.05, 4.69) is 6.92 Å². The fourth-order valence-corrected chi connectivity index (χ4v) is 3.17. The van der Waals surface area contributed by atoms with E-state index in [4.69, 9.17) is 14.2 Å². The summed E-state index contributed by atoms with van der Waals surface area (Å²) in [6.45, 7) is 2.25. The van der Waals surface area contributed by atoms with E-state index in [1.165, 1.54) is 0 Å². The molecule has 0 amide bonds. The average Bonchev–Trinajstić information content (AvgIpc) is 2.54. The van der Waals surface area contributed by atoms with Crippen molar-refractivity contribution in [1.29, 1.82) is 0 Å². The summed E-state index contributed by atoms with van der Waals surface area (Å²) in [6.07, 6.45) is 3.17. The highest BCUT2D eigenvalue weighted by molar-refractivity contribution is 5.43. The number of aliphatic hydroxyl groups is 1. The predicted molar refractivity (Wildman–Crippen MR) is 81.9 cm³/mol. The molecule has 0 aliphatic heterocycles. The maximum atomic E-state index is 10.9. The lowest BCUT2D eigenvalue weighted by Gasteiger charge is -2.42. The molecule has 4 nitrogen and oxygen atoms in total. The van der Waals surface area contributed by atoms with Crippen molar-refractivity contribution in [2.24, 2.45) is 5.92 Å². The molecule has 1 N–H and O–H groups in total. The Morgan fingerprint density at radius 1 is 1.14 bits per heavy atom. The van der Waals surface area contributed by atoms with Crippen LogP contribution in [0.25, 0.3) is 0 Å². The van der Waals surface area contributed by atoms with Crippen molar-refractivity contribution in [2.45, 2.75) is 44.3 Å². The number of aliphatic hydroxyl groups excluding tert-OH is 1. The van der Waals surface area contributed by atoms with E-state index in [-0.39, 0.29) is 0 Å². The average molecular weight is 294 g/mol. The van der Waals surface area contributed by atoms with Crippen molar-refractivity contribution in [3.63, 3.8) is 0 Å². The topological polar surface area (TPSA) is 47.9 Å². The minimum atomic E-state index is -0.698. The van der Waals surface area contributed by atoms with Crippen LogP contribution in [0.1, 0.15) is 44.3 Å². The molecule has 118 valence electrons. The molecule has 1 saturated carbocycles. The fraction of sp³-hybridized carbons (Fsp3) is 0.647. The predicted octanol–water partition coefficient (Wildman–Crippen LogP) is 3.33. The highest BCUT2D eigenvalue weighted by atomic mass is 16.5. The van der Waals surface area contributed by atoms with Gasteiger partial charge in [0, 0.05) is 18.7 Å². The van der Waals surface area contributed by atoms with Crippen molar-refractivity contribution < 1.29 is 19.3 Å². The normalized spacial score (nSPS) is 27.2. The van der Waals surface area contributed by atoms with Crippen molar-refractivity contribution in [1.82, 2.24) is 0 Å². The lowest BCUT2D eigenvalue weighted by molar-refractivity contribution is -0.131. The van der Waals surface area contributed by atoms with Gasteiger partial charge in [-0.1, -0.05) is 6.92 Å². The molecule has 0 spiro atoms. The standard InChI is InChI=1S/C17H26O4/c1-12-7-9-17(21-4,10-8-12)16(18)14-6-5-13(19-2)11-15(14)20-3/h5-6,11-12,16,18H,7-10H2,1-4H3. The van der Waals surface area contributed by atoms with Gasteiger partial charge in [0.15, 0.2) is 0 Å². The second-order valence-electron chi connectivity index (χ2n) is 5.96. The van der Waals surface area contributed by atoms with Crippen LogP contribution in [0, 0.1) is 5.92 Å². The maximum Gasteiger partial charge on any atom is 0.128 e. The van der Waals surface area contributed by atoms with Crippen LogP contribution in [0.2, 0.25) is 0 Å². The van der Waals surface area contributed by atoms with Crippen molar-refractivity contribution in [3.8, 4) is 11.5 Å². The number of methoxy groups -OCH3 is 3. The maximum absolute atomic E-state index is 10.9. The zero-order chi connectivity index (χ0) is 15.5. The Balaban J connectivity index is 2.31. The second-order valence-corrected chi connectivity index (χ2v) is 5.96. The molecule has 4 heteroatoms. The minimum Gasteiger partial charge on any atom is -0.497 e. The third-order valence-corrected chi connectivity index (χ3v) is 4.76. The molecule has 1 aromatic rings. The van der Waals surface area contributed by atoms with Crippen LogP contribution >= 0.6 is 0 Å². The first kappa shape index (κ1) is 16.1. The second kappa shape index (κ2) is 6.67. The Bertz CT molecular complexity index is 464. The first-order valence-corrected chi connectivity index (χ1v) is 7.51. The van der Waals surface area contributed by atoms with Gasteiger partial charge >= 0.3 is 0 Å². The molecule has 0 heterocycles. The van der Waals surface area contributed by atoms with Gasteiger partial charge in [-0.2, -0.15) is 0 Å². The van der Waals surface area contributed by atoms with E-state index in [1.807, 2.05) is 12.1 Å². The monoisotopic (exact) mass is 294 g/mol. The lowest BCUT2D eigenvalue weighted by Crippen LogP contribution is -2.42. The zero-order valence-corrected chi connectivity index (χ0v) is 13.4. The van der Waals surface area contributed by atoms with E-state index in [0.29, 0.717) is 17.4 Å². The Morgan fingerprint density at radius 2 is 1.81 bits per heavy atom. The number of hydrogen-bond donors (Lipinski definition) is 1. The molecule has 0 radical (unpaired) electrons. The van der Waals surface area contributed by atoms with E-state index in [0.717, 1.165) is 31.2 Å². The molecule has 1 aliphatic rings. The molecule has 0 bridgehead atoms. The van der Waals surface area contributed by atoms with Gasteiger partial charge < -0.3 is 19.3 Å². The smallest absolute Gasteiger partial charge is 0.128 e. The van der Waals surface area contributed by atoms with Crippen LogP contribution in [0.3, 0.4) is 0 Å². The highest BCUT2D eigenvalue weighted by Gasteiger charge is 2.42. The lowest BCUT2D eigenvalue weighted by atomic mass is 9.74. The molecule has 1 aliphatic carbocycles. The van der Waals surface area contributed by atoms with E-state index in [1.54, 1.807) is 27.4 Å². The molecule has 2 rings (SSSR count). The van der Waals surface area contributed by atoms with Crippen LogP contribution < -0.4 is 9.47 Å². The van der Waals surface area contributed by atoms with Gasteiger partial charge in [0.1, 0.15) is 17.6 Å². The molecule has 1 unspecified atom stereocenters. The number of hydrogen-bond acceptors (Lipinski definition) is 4. The third-order valence-electron chi connectivity index (χ3n) is 4.76. The number of rotatable bonds is 5. The van der Waals surface area contributed by atoms with Crippen LogP contribution in [0.5, 0.6) is 11.5 Å². The van der Waals surface area contributed by atoms with E-state index in [9.17, 15) is 5.11 Å². The molecule has 0 aromatic heterocycles. The fourth-order valence-electron chi connectivity index (χ4n) is 3.17. The quantitative estimate of drug-likeness (QED) is 0.905. The molecule has 1 aromatic carbocycles. The molecular weight excluding hydrogens is 268 g/mol. The largest absolute Gasteiger partial charge is 0.497 e. The third kappa shape index (κ3) is 3.16. The molecular formula is C17H26O4.